The van der Waals surface area contributed by atoms with Crippen molar-refractivity contribution in [2.75, 3.05) is 4.90 Å². The molecule has 1 heterocycles. The van der Waals surface area contributed by atoms with Crippen molar-refractivity contribution in [1.82, 2.24) is 0 Å². The van der Waals surface area contributed by atoms with Crippen LogP contribution in [0, 0.1) is 11.6 Å². The molecule has 0 bridgehead atoms. The summed E-state index contributed by atoms with van der Waals surface area (Å²) in [6.07, 6.45) is 0.267. The van der Waals surface area contributed by atoms with Crippen LogP contribution >= 0.6 is 0 Å². The molecule has 0 aromatic heterocycles. The highest BCUT2D eigenvalue weighted by molar-refractivity contribution is 6.02. The molecule has 1 aliphatic rings. The fraction of sp³-hybridized carbons (Fsp3) is 0.273. The number of nitrogens with zero attached hydrogens (tertiary/aromatic N) is 1. The van der Waals surface area contributed by atoms with Crippen LogP contribution in [0.4, 0.5) is 14.5 Å². The molecule has 1 atom stereocenters. The number of hydrogen-bond acceptors (Lipinski definition) is 2. The zero-order chi connectivity index (χ0) is 12.6. The Labute approximate surface area is 95.5 Å². The average molecular weight is 241 g/mol. The van der Waals surface area contributed by atoms with E-state index in [0.29, 0.717) is 0 Å². The number of carboxylic acid groups (broad SMARTS) is 1. The molecule has 0 unspecified atom stereocenters. The first-order chi connectivity index (χ1) is 8.00. The lowest BCUT2D eigenvalue weighted by molar-refractivity contribution is -0.138. The van der Waals surface area contributed by atoms with Crippen LogP contribution in [0.3, 0.4) is 0 Å². The molecular formula is C11H9F2NO3. The molecule has 0 radical (unpaired) electrons. The maximum Gasteiger partial charge on any atom is 0.326 e. The van der Waals surface area contributed by atoms with Crippen molar-refractivity contribution in [1.29, 1.82) is 0 Å². The summed E-state index contributed by atoms with van der Waals surface area (Å²) in [5.74, 6) is -3.69. The van der Waals surface area contributed by atoms with Crippen LogP contribution in [0.15, 0.2) is 18.2 Å². The SMILES string of the molecule is O=C(O)[C@H]1CCC(=O)N1c1ccc(F)c(F)c1. The first kappa shape index (κ1) is 11.5. The Morgan fingerprint density at radius 2 is 2.06 bits per heavy atom. The molecule has 17 heavy (non-hydrogen) atoms. The molecule has 1 amide bonds. The summed E-state index contributed by atoms with van der Waals surface area (Å²) in [5, 5.41) is 8.92. The van der Waals surface area contributed by atoms with E-state index in [1.807, 2.05) is 0 Å². The Morgan fingerprint density at radius 1 is 1.35 bits per heavy atom. The van der Waals surface area contributed by atoms with Gasteiger partial charge in [0.25, 0.3) is 0 Å². The number of rotatable bonds is 2. The molecule has 0 spiro atoms. The zero-order valence-electron chi connectivity index (χ0n) is 8.69. The van der Waals surface area contributed by atoms with Crippen molar-refractivity contribution in [3.05, 3.63) is 29.8 Å². The Kier molecular flexibility index (Phi) is 2.79. The highest BCUT2D eigenvalue weighted by Crippen LogP contribution is 2.27. The van der Waals surface area contributed by atoms with Gasteiger partial charge in [0.2, 0.25) is 5.91 Å². The Hall–Kier alpha value is -1.98. The lowest BCUT2D eigenvalue weighted by Gasteiger charge is -2.21. The number of halogens is 2. The molecule has 90 valence electrons. The molecule has 1 aromatic carbocycles. The number of benzene rings is 1. The van der Waals surface area contributed by atoms with E-state index >= 15 is 0 Å². The van der Waals surface area contributed by atoms with Crippen molar-refractivity contribution >= 4 is 17.6 Å². The molecule has 1 aliphatic heterocycles. The minimum absolute atomic E-state index is 0.0683. The van der Waals surface area contributed by atoms with Gasteiger partial charge < -0.3 is 5.11 Å². The van der Waals surface area contributed by atoms with Crippen LogP contribution in [-0.4, -0.2) is 23.0 Å². The maximum absolute atomic E-state index is 13.0. The van der Waals surface area contributed by atoms with E-state index in [1.165, 1.54) is 6.07 Å². The Morgan fingerprint density at radius 3 is 2.65 bits per heavy atom. The summed E-state index contributed by atoms with van der Waals surface area (Å²) in [6.45, 7) is 0. The summed E-state index contributed by atoms with van der Waals surface area (Å²) in [4.78, 5) is 23.4. The van der Waals surface area contributed by atoms with Crippen molar-refractivity contribution in [2.24, 2.45) is 0 Å². The summed E-state index contributed by atoms with van der Waals surface area (Å²) in [7, 11) is 0. The monoisotopic (exact) mass is 241 g/mol. The van der Waals surface area contributed by atoms with Crippen LogP contribution in [0.25, 0.3) is 0 Å². The smallest absolute Gasteiger partial charge is 0.326 e. The van der Waals surface area contributed by atoms with Crippen LogP contribution < -0.4 is 4.90 Å². The van der Waals surface area contributed by atoms with Crippen LogP contribution in [-0.2, 0) is 9.59 Å². The molecule has 1 aromatic rings. The molecule has 4 nitrogen and oxygen atoms in total. The van der Waals surface area contributed by atoms with E-state index in [2.05, 4.69) is 0 Å². The van der Waals surface area contributed by atoms with E-state index in [9.17, 15) is 18.4 Å². The summed E-state index contributed by atoms with van der Waals surface area (Å²) in [6, 6.07) is 1.88. The van der Waals surface area contributed by atoms with Crippen molar-refractivity contribution in [2.45, 2.75) is 18.9 Å². The number of amides is 1. The molecule has 6 heteroatoms. The van der Waals surface area contributed by atoms with Crippen molar-refractivity contribution < 1.29 is 23.5 Å². The molecular weight excluding hydrogens is 232 g/mol. The van der Waals surface area contributed by atoms with Crippen LogP contribution in [0.2, 0.25) is 0 Å². The number of carbonyl (C=O) groups is 2. The van der Waals surface area contributed by atoms with Crippen molar-refractivity contribution in [3.8, 4) is 0 Å². The normalized spacial score (nSPS) is 19.8. The second-order valence-corrected chi connectivity index (χ2v) is 3.75. The number of anilines is 1. The van der Waals surface area contributed by atoms with Gasteiger partial charge in [0.15, 0.2) is 11.6 Å². The van der Waals surface area contributed by atoms with Gasteiger partial charge in [0.05, 0.1) is 0 Å². The minimum atomic E-state index is -1.15. The lowest BCUT2D eigenvalue weighted by Crippen LogP contribution is -2.38. The van der Waals surface area contributed by atoms with Gasteiger partial charge in [-0.1, -0.05) is 0 Å². The van der Waals surface area contributed by atoms with Gasteiger partial charge in [0, 0.05) is 18.2 Å². The van der Waals surface area contributed by atoms with Gasteiger partial charge in [-0.05, 0) is 18.6 Å². The summed E-state index contributed by atoms with van der Waals surface area (Å²) < 4.78 is 25.8. The fourth-order valence-electron chi connectivity index (χ4n) is 1.88. The Bertz CT molecular complexity index is 490. The molecule has 0 aliphatic carbocycles. The second-order valence-electron chi connectivity index (χ2n) is 3.75. The largest absolute Gasteiger partial charge is 0.480 e. The third kappa shape index (κ3) is 1.98. The van der Waals surface area contributed by atoms with Crippen LogP contribution in [0.1, 0.15) is 12.8 Å². The molecule has 1 N–H and O–H groups in total. The molecule has 1 saturated heterocycles. The summed E-state index contributed by atoms with van der Waals surface area (Å²) >= 11 is 0. The molecule has 2 rings (SSSR count). The number of hydrogen-bond donors (Lipinski definition) is 1. The van der Waals surface area contributed by atoms with Gasteiger partial charge in [0.1, 0.15) is 6.04 Å². The summed E-state index contributed by atoms with van der Waals surface area (Å²) in [5.41, 5.74) is 0.0683. The lowest BCUT2D eigenvalue weighted by atomic mass is 10.2. The third-order valence-electron chi connectivity index (χ3n) is 2.68. The van der Waals surface area contributed by atoms with Gasteiger partial charge >= 0.3 is 5.97 Å². The van der Waals surface area contributed by atoms with Crippen molar-refractivity contribution in [3.63, 3.8) is 0 Å². The van der Waals surface area contributed by atoms with E-state index in [0.717, 1.165) is 17.0 Å². The first-order valence-electron chi connectivity index (χ1n) is 5.00. The number of carboxylic acids is 1. The van der Waals surface area contributed by atoms with Gasteiger partial charge in [-0.3, -0.25) is 9.69 Å². The zero-order valence-corrected chi connectivity index (χ0v) is 8.69. The van der Waals surface area contributed by atoms with E-state index in [1.54, 1.807) is 0 Å². The second kappa shape index (κ2) is 4.12. The van der Waals surface area contributed by atoms with E-state index in [-0.39, 0.29) is 18.5 Å². The standard InChI is InChI=1S/C11H9F2NO3/c12-7-2-1-6(5-8(7)13)14-9(11(16)17)3-4-10(14)15/h1-2,5,9H,3-4H2,(H,16,17)/t9-/m1/s1. The highest BCUT2D eigenvalue weighted by Gasteiger charge is 2.37. The number of carbonyl (C=O) groups excluding carboxylic acids is 1. The predicted molar refractivity (Wildman–Crippen MR) is 54.5 cm³/mol. The van der Waals surface area contributed by atoms with E-state index in [4.69, 9.17) is 5.11 Å². The van der Waals surface area contributed by atoms with E-state index < -0.39 is 29.6 Å². The van der Waals surface area contributed by atoms with Gasteiger partial charge in [-0.25, -0.2) is 13.6 Å². The fourth-order valence-corrected chi connectivity index (χ4v) is 1.88. The topological polar surface area (TPSA) is 57.6 Å². The van der Waals surface area contributed by atoms with Gasteiger partial charge in [-0.15, -0.1) is 0 Å². The minimum Gasteiger partial charge on any atom is -0.480 e. The quantitative estimate of drug-likeness (QED) is 0.854. The third-order valence-corrected chi connectivity index (χ3v) is 2.68. The average Bonchev–Trinajstić information content (AvgIpc) is 2.64. The molecule has 0 saturated carbocycles. The number of aliphatic carboxylic acids is 1. The van der Waals surface area contributed by atoms with Crippen LogP contribution in [0.5, 0.6) is 0 Å². The highest BCUT2D eigenvalue weighted by atomic mass is 19.2. The predicted octanol–water partition coefficient (Wildman–Crippen LogP) is 1.54. The first-order valence-corrected chi connectivity index (χ1v) is 5.00. The Balaban J connectivity index is 2.39. The van der Waals surface area contributed by atoms with Gasteiger partial charge in [-0.2, -0.15) is 0 Å². The maximum atomic E-state index is 13.0. The molecule has 1 fully saturated rings.